The molecule has 0 fully saturated rings. The lowest BCUT2D eigenvalue weighted by Gasteiger charge is -2.19. The molecule has 0 aliphatic rings. The number of nitrogens with zero attached hydrogens (tertiary/aromatic N) is 2. The lowest BCUT2D eigenvalue weighted by molar-refractivity contribution is 0.0770. The number of halogens is 1. The van der Waals surface area contributed by atoms with E-state index >= 15 is 0 Å². The molecule has 24 heavy (non-hydrogen) atoms. The third-order valence-corrected chi connectivity index (χ3v) is 5.33. The maximum absolute atomic E-state index is 13.0. The zero-order chi connectivity index (χ0) is 16.9. The average Bonchev–Trinajstić information content (AvgIpc) is 3.27. The molecule has 3 nitrogen and oxygen atoms in total. The first-order valence-electron chi connectivity index (χ1n) is 7.14. The minimum Gasteiger partial charge on any atom is -0.322 e. The third-order valence-electron chi connectivity index (χ3n) is 3.30. The van der Waals surface area contributed by atoms with Crippen LogP contribution in [0.4, 0.5) is 4.39 Å². The van der Waals surface area contributed by atoms with Gasteiger partial charge in [-0.25, -0.2) is 9.37 Å². The molecule has 3 aromatic rings. The van der Waals surface area contributed by atoms with Crippen LogP contribution in [0.1, 0.15) is 15.2 Å². The van der Waals surface area contributed by atoms with E-state index < -0.39 is 0 Å². The Balaban J connectivity index is 1.79. The summed E-state index contributed by atoms with van der Waals surface area (Å²) in [5.41, 5.74) is 0.822. The van der Waals surface area contributed by atoms with Gasteiger partial charge in [0, 0.05) is 6.54 Å². The molecule has 2 heterocycles. The molecule has 0 spiro atoms. The van der Waals surface area contributed by atoms with Crippen molar-refractivity contribution in [3.8, 4) is 22.2 Å². The van der Waals surface area contributed by atoms with Crippen LogP contribution in [0.5, 0.6) is 0 Å². The van der Waals surface area contributed by atoms with Gasteiger partial charge in [-0.3, -0.25) is 4.79 Å². The first kappa shape index (κ1) is 16.4. The average molecular weight is 356 g/mol. The van der Waals surface area contributed by atoms with Crippen molar-refractivity contribution in [3.63, 3.8) is 0 Å². The monoisotopic (exact) mass is 356 g/mol. The number of hydrogen-bond acceptors (Lipinski definition) is 4. The number of thiophene rings is 1. The summed E-state index contributed by atoms with van der Waals surface area (Å²) in [6.07, 6.45) is 6.97. The van der Waals surface area contributed by atoms with Gasteiger partial charge in [-0.1, -0.05) is 24.1 Å². The van der Waals surface area contributed by atoms with E-state index in [9.17, 15) is 9.18 Å². The number of aromatic nitrogens is 1. The predicted molar refractivity (Wildman–Crippen MR) is 95.4 cm³/mol. The van der Waals surface area contributed by atoms with E-state index in [0.717, 1.165) is 15.4 Å². The Labute approximate surface area is 147 Å². The first-order chi connectivity index (χ1) is 11.7. The van der Waals surface area contributed by atoms with Gasteiger partial charge in [0.15, 0.2) is 0 Å². The molecule has 0 aliphatic carbocycles. The van der Waals surface area contributed by atoms with Crippen molar-refractivity contribution < 1.29 is 9.18 Å². The van der Waals surface area contributed by atoms with E-state index in [-0.39, 0.29) is 18.3 Å². The standard InChI is InChI=1S/C18H13FN2OS2/c1-2-9-21(12-13-5-7-14(19)8-6-13)18(22)16-11-20-17(24-16)15-4-3-10-23-15/h1,3-8,10-11H,9,12H2. The number of hydrogen-bond donors (Lipinski definition) is 0. The van der Waals surface area contributed by atoms with Crippen molar-refractivity contribution in [1.82, 2.24) is 9.88 Å². The van der Waals surface area contributed by atoms with Crippen LogP contribution in [0.2, 0.25) is 0 Å². The third kappa shape index (κ3) is 3.70. The minimum absolute atomic E-state index is 0.169. The second-order valence-electron chi connectivity index (χ2n) is 5.00. The number of carbonyl (C=O) groups excluding carboxylic acids is 1. The summed E-state index contributed by atoms with van der Waals surface area (Å²) in [5, 5.41) is 2.79. The van der Waals surface area contributed by atoms with Crippen LogP contribution in [0.3, 0.4) is 0 Å². The van der Waals surface area contributed by atoms with Gasteiger partial charge in [-0.05, 0) is 29.1 Å². The van der Waals surface area contributed by atoms with Crippen LogP contribution < -0.4 is 0 Å². The second kappa shape index (κ2) is 7.39. The highest BCUT2D eigenvalue weighted by Crippen LogP contribution is 2.29. The van der Waals surface area contributed by atoms with Crippen molar-refractivity contribution in [2.75, 3.05) is 6.54 Å². The minimum atomic E-state index is -0.309. The lowest BCUT2D eigenvalue weighted by atomic mass is 10.2. The maximum atomic E-state index is 13.0. The predicted octanol–water partition coefficient (Wildman–Crippen LogP) is 4.29. The highest BCUT2D eigenvalue weighted by molar-refractivity contribution is 7.21. The largest absolute Gasteiger partial charge is 0.322 e. The molecule has 0 atom stereocenters. The normalized spacial score (nSPS) is 10.3. The Morgan fingerprint density at radius 1 is 1.29 bits per heavy atom. The molecule has 1 amide bonds. The number of carbonyl (C=O) groups is 1. The molecule has 0 bridgehead atoms. The topological polar surface area (TPSA) is 33.2 Å². The molecule has 6 heteroatoms. The van der Waals surface area contributed by atoms with Crippen molar-refractivity contribution in [2.24, 2.45) is 0 Å². The zero-order valence-corrected chi connectivity index (χ0v) is 14.2. The van der Waals surface area contributed by atoms with Crippen LogP contribution in [0.15, 0.2) is 48.0 Å². The molecule has 0 unspecified atom stereocenters. The molecule has 120 valence electrons. The number of benzene rings is 1. The molecule has 0 N–H and O–H groups in total. The first-order valence-corrected chi connectivity index (χ1v) is 8.84. The SMILES string of the molecule is C#CCN(Cc1ccc(F)cc1)C(=O)c1cnc(-c2cccs2)s1. The fourth-order valence-corrected chi connectivity index (χ4v) is 3.85. The maximum Gasteiger partial charge on any atom is 0.266 e. The molecule has 0 saturated carbocycles. The smallest absolute Gasteiger partial charge is 0.266 e. The highest BCUT2D eigenvalue weighted by Gasteiger charge is 2.19. The van der Waals surface area contributed by atoms with Crippen LogP contribution in [0.25, 0.3) is 9.88 Å². The van der Waals surface area contributed by atoms with E-state index in [4.69, 9.17) is 6.42 Å². The summed E-state index contributed by atoms with van der Waals surface area (Å²) < 4.78 is 13.0. The van der Waals surface area contributed by atoms with Crippen LogP contribution in [-0.2, 0) is 6.54 Å². The quantitative estimate of drug-likeness (QED) is 0.639. The Morgan fingerprint density at radius 2 is 2.08 bits per heavy atom. The fraction of sp³-hybridized carbons (Fsp3) is 0.111. The molecule has 0 aliphatic heterocycles. The van der Waals surface area contributed by atoms with Crippen LogP contribution >= 0.6 is 22.7 Å². The van der Waals surface area contributed by atoms with Crippen molar-refractivity contribution in [3.05, 3.63) is 64.2 Å². The van der Waals surface area contributed by atoms with Gasteiger partial charge >= 0.3 is 0 Å². The van der Waals surface area contributed by atoms with Gasteiger partial charge in [-0.15, -0.1) is 29.1 Å². The van der Waals surface area contributed by atoms with Crippen molar-refractivity contribution >= 4 is 28.6 Å². The Morgan fingerprint density at radius 3 is 2.75 bits per heavy atom. The number of rotatable bonds is 5. The number of terminal acetylenes is 1. The number of amides is 1. The van der Waals surface area contributed by atoms with Crippen molar-refractivity contribution in [1.29, 1.82) is 0 Å². The zero-order valence-electron chi connectivity index (χ0n) is 12.6. The molecule has 3 rings (SSSR count). The highest BCUT2D eigenvalue weighted by atomic mass is 32.1. The van der Waals surface area contributed by atoms with Crippen LogP contribution in [-0.4, -0.2) is 22.3 Å². The van der Waals surface area contributed by atoms with Crippen molar-refractivity contribution in [2.45, 2.75) is 6.54 Å². The van der Waals surface area contributed by atoms with Crippen LogP contribution in [0, 0.1) is 18.2 Å². The van der Waals surface area contributed by atoms with E-state index in [1.54, 1.807) is 34.6 Å². The molecule has 2 aromatic heterocycles. The summed E-state index contributed by atoms with van der Waals surface area (Å²) in [6, 6.07) is 9.95. The molecule has 0 radical (unpaired) electrons. The second-order valence-corrected chi connectivity index (χ2v) is 6.98. The van der Waals surface area contributed by atoms with Gasteiger partial charge in [0.2, 0.25) is 0 Å². The van der Waals surface area contributed by atoms with Gasteiger partial charge in [-0.2, -0.15) is 0 Å². The van der Waals surface area contributed by atoms with Gasteiger partial charge < -0.3 is 4.90 Å². The summed E-state index contributed by atoms with van der Waals surface area (Å²) in [7, 11) is 0. The lowest BCUT2D eigenvalue weighted by Crippen LogP contribution is -2.30. The summed E-state index contributed by atoms with van der Waals surface area (Å²) >= 11 is 2.92. The molecule has 1 aromatic carbocycles. The Bertz CT molecular complexity index is 863. The summed E-state index contributed by atoms with van der Waals surface area (Å²) in [6.45, 7) is 0.512. The fourth-order valence-electron chi connectivity index (χ4n) is 2.16. The summed E-state index contributed by atoms with van der Waals surface area (Å²) in [5.74, 6) is 2.02. The van der Waals surface area contributed by atoms with E-state index in [1.165, 1.54) is 23.5 Å². The molecule has 0 saturated heterocycles. The number of thiazole rings is 1. The Kier molecular flexibility index (Phi) is 5.04. The van der Waals surface area contributed by atoms with Gasteiger partial charge in [0.25, 0.3) is 5.91 Å². The van der Waals surface area contributed by atoms with E-state index in [2.05, 4.69) is 10.9 Å². The Hall–Kier alpha value is -2.49. The van der Waals surface area contributed by atoms with Gasteiger partial charge in [0.1, 0.15) is 15.7 Å². The van der Waals surface area contributed by atoms with E-state index in [0.29, 0.717) is 11.4 Å². The molecular formula is C18H13FN2OS2. The molecular weight excluding hydrogens is 343 g/mol. The van der Waals surface area contributed by atoms with Gasteiger partial charge in [0.05, 0.1) is 17.6 Å². The van der Waals surface area contributed by atoms with E-state index in [1.807, 2.05) is 17.5 Å². The summed E-state index contributed by atoms with van der Waals surface area (Å²) in [4.78, 5) is 20.2.